The molecule has 0 atom stereocenters. The zero-order valence-electron chi connectivity index (χ0n) is 18.5. The monoisotopic (exact) mass is 429 g/mol. The molecule has 166 valence electrons. The lowest BCUT2D eigenvalue weighted by molar-refractivity contribution is -0.117. The van der Waals surface area contributed by atoms with Crippen LogP contribution < -0.4 is 10.2 Å². The van der Waals surface area contributed by atoms with Crippen molar-refractivity contribution in [1.29, 1.82) is 0 Å². The van der Waals surface area contributed by atoms with Crippen LogP contribution >= 0.6 is 0 Å². The summed E-state index contributed by atoms with van der Waals surface area (Å²) in [6, 6.07) is 8.48. The Morgan fingerprint density at radius 2 is 1.84 bits per heavy atom. The predicted octanol–water partition coefficient (Wildman–Crippen LogP) is 5.48. The standard InChI is InChI=1S/C24H29F2N3O2/c1-16-6-9-21(20(12-16)27-22(30)14-24(2,3)4)29-11-5-10-28(23(29)31)15-17-13-18(25)7-8-19(17)26/h6-9,12-13H,5,10-11,14-15H2,1-4H3,(H,27,30). The molecule has 1 heterocycles. The Morgan fingerprint density at radius 3 is 2.55 bits per heavy atom. The van der Waals surface area contributed by atoms with Gasteiger partial charge in [0.25, 0.3) is 0 Å². The van der Waals surface area contributed by atoms with Gasteiger partial charge in [0.1, 0.15) is 11.6 Å². The Morgan fingerprint density at radius 1 is 1.10 bits per heavy atom. The fourth-order valence-corrected chi connectivity index (χ4v) is 3.68. The normalized spacial score (nSPS) is 14.7. The fourth-order valence-electron chi connectivity index (χ4n) is 3.68. The summed E-state index contributed by atoms with van der Waals surface area (Å²) >= 11 is 0. The number of anilines is 2. The number of urea groups is 1. The molecule has 0 unspecified atom stereocenters. The average Bonchev–Trinajstić information content (AvgIpc) is 2.65. The molecular formula is C24H29F2N3O2. The Kier molecular flexibility index (Phi) is 6.62. The molecule has 0 bridgehead atoms. The summed E-state index contributed by atoms with van der Waals surface area (Å²) in [4.78, 5) is 28.8. The van der Waals surface area contributed by atoms with Crippen LogP contribution in [0.3, 0.4) is 0 Å². The molecule has 1 aliphatic heterocycles. The largest absolute Gasteiger partial charge is 0.324 e. The van der Waals surface area contributed by atoms with Gasteiger partial charge in [-0.2, -0.15) is 0 Å². The zero-order chi connectivity index (χ0) is 22.8. The first-order chi connectivity index (χ1) is 14.5. The van der Waals surface area contributed by atoms with Crippen molar-refractivity contribution in [3.8, 4) is 0 Å². The maximum Gasteiger partial charge on any atom is 0.324 e. The molecule has 0 aromatic heterocycles. The Balaban J connectivity index is 1.84. The lowest BCUT2D eigenvalue weighted by Gasteiger charge is -2.36. The Bertz CT molecular complexity index is 985. The van der Waals surface area contributed by atoms with Crippen LogP contribution in [-0.4, -0.2) is 29.9 Å². The van der Waals surface area contributed by atoms with Crippen LogP contribution in [0.15, 0.2) is 36.4 Å². The highest BCUT2D eigenvalue weighted by atomic mass is 19.1. The van der Waals surface area contributed by atoms with E-state index in [1.165, 1.54) is 4.90 Å². The highest BCUT2D eigenvalue weighted by Crippen LogP contribution is 2.31. The van der Waals surface area contributed by atoms with Crippen LogP contribution in [0.2, 0.25) is 0 Å². The number of carbonyl (C=O) groups excluding carboxylic acids is 2. The molecule has 1 N–H and O–H groups in total. The van der Waals surface area contributed by atoms with Gasteiger partial charge in [0.2, 0.25) is 5.91 Å². The molecule has 3 rings (SSSR count). The number of nitrogens with zero attached hydrogens (tertiary/aromatic N) is 2. The van der Waals surface area contributed by atoms with E-state index in [0.29, 0.717) is 37.3 Å². The topological polar surface area (TPSA) is 52.6 Å². The summed E-state index contributed by atoms with van der Waals surface area (Å²) in [6.45, 7) is 8.79. The van der Waals surface area contributed by atoms with Crippen molar-refractivity contribution in [2.75, 3.05) is 23.3 Å². The summed E-state index contributed by atoms with van der Waals surface area (Å²) in [7, 11) is 0. The number of aryl methyl sites for hydroxylation is 1. The van der Waals surface area contributed by atoms with E-state index >= 15 is 0 Å². The SMILES string of the molecule is Cc1ccc(N2CCCN(Cc3cc(F)ccc3F)C2=O)c(NC(=O)CC(C)(C)C)c1. The minimum Gasteiger partial charge on any atom is -0.324 e. The number of halogens is 2. The highest BCUT2D eigenvalue weighted by Gasteiger charge is 2.29. The van der Waals surface area contributed by atoms with Gasteiger partial charge in [-0.25, -0.2) is 13.6 Å². The number of rotatable bonds is 5. The molecule has 1 aliphatic rings. The molecule has 7 heteroatoms. The Labute approximate surface area is 182 Å². The van der Waals surface area contributed by atoms with Gasteiger partial charge in [0.15, 0.2) is 0 Å². The smallest absolute Gasteiger partial charge is 0.324 e. The molecule has 0 radical (unpaired) electrons. The zero-order valence-corrected chi connectivity index (χ0v) is 18.5. The second-order valence-corrected chi connectivity index (χ2v) is 9.25. The summed E-state index contributed by atoms with van der Waals surface area (Å²) in [6.07, 6.45) is 1.02. The third-order valence-corrected chi connectivity index (χ3v) is 5.09. The van der Waals surface area contributed by atoms with Crippen LogP contribution in [0, 0.1) is 24.0 Å². The number of hydrogen-bond acceptors (Lipinski definition) is 2. The summed E-state index contributed by atoms with van der Waals surface area (Å²) in [5.74, 6) is -1.21. The van der Waals surface area contributed by atoms with Gasteiger partial charge in [0, 0.05) is 25.1 Å². The van der Waals surface area contributed by atoms with Gasteiger partial charge in [0.05, 0.1) is 17.9 Å². The van der Waals surface area contributed by atoms with Gasteiger partial charge in [-0.15, -0.1) is 0 Å². The third-order valence-electron chi connectivity index (χ3n) is 5.09. The molecule has 2 aromatic carbocycles. The van der Waals surface area contributed by atoms with Gasteiger partial charge < -0.3 is 10.2 Å². The number of nitrogens with one attached hydrogen (secondary N) is 1. The second-order valence-electron chi connectivity index (χ2n) is 9.25. The van der Waals surface area contributed by atoms with E-state index in [0.717, 1.165) is 23.8 Å². The number of amides is 3. The first-order valence-corrected chi connectivity index (χ1v) is 10.4. The number of carbonyl (C=O) groups is 2. The first kappa shape index (κ1) is 22.7. The molecule has 2 aromatic rings. The van der Waals surface area contributed by atoms with Crippen molar-refractivity contribution in [2.45, 2.75) is 47.1 Å². The summed E-state index contributed by atoms with van der Waals surface area (Å²) < 4.78 is 27.6. The molecule has 31 heavy (non-hydrogen) atoms. The minimum atomic E-state index is -0.545. The molecule has 0 saturated carbocycles. The van der Waals surface area contributed by atoms with Crippen molar-refractivity contribution >= 4 is 23.3 Å². The van der Waals surface area contributed by atoms with Crippen molar-refractivity contribution in [3.05, 3.63) is 59.2 Å². The predicted molar refractivity (Wildman–Crippen MR) is 118 cm³/mol. The molecule has 1 saturated heterocycles. The number of benzene rings is 2. The van der Waals surface area contributed by atoms with Crippen LogP contribution in [0.1, 0.15) is 44.7 Å². The molecule has 3 amide bonds. The van der Waals surface area contributed by atoms with Gasteiger partial charge in [-0.1, -0.05) is 26.8 Å². The Hall–Kier alpha value is -2.96. The van der Waals surface area contributed by atoms with Gasteiger partial charge in [-0.05, 0) is 54.7 Å². The van der Waals surface area contributed by atoms with Crippen LogP contribution in [-0.2, 0) is 11.3 Å². The molecule has 5 nitrogen and oxygen atoms in total. The molecule has 0 aliphatic carbocycles. The minimum absolute atomic E-state index is 0.0174. The van der Waals surface area contributed by atoms with Crippen LogP contribution in [0.5, 0.6) is 0 Å². The fraction of sp³-hybridized carbons (Fsp3) is 0.417. The lowest BCUT2D eigenvalue weighted by Crippen LogP contribution is -2.49. The lowest BCUT2D eigenvalue weighted by atomic mass is 9.92. The van der Waals surface area contributed by atoms with Crippen LogP contribution in [0.4, 0.5) is 25.0 Å². The number of hydrogen-bond donors (Lipinski definition) is 1. The highest BCUT2D eigenvalue weighted by molar-refractivity contribution is 6.01. The van der Waals surface area contributed by atoms with Crippen molar-refractivity contribution in [1.82, 2.24) is 4.90 Å². The molecular weight excluding hydrogens is 400 g/mol. The van der Waals surface area contributed by atoms with E-state index in [-0.39, 0.29) is 29.5 Å². The van der Waals surface area contributed by atoms with Gasteiger partial charge >= 0.3 is 6.03 Å². The van der Waals surface area contributed by atoms with E-state index in [4.69, 9.17) is 0 Å². The maximum absolute atomic E-state index is 14.1. The van der Waals surface area contributed by atoms with Crippen LogP contribution in [0.25, 0.3) is 0 Å². The first-order valence-electron chi connectivity index (χ1n) is 10.4. The van der Waals surface area contributed by atoms with Crippen molar-refractivity contribution < 1.29 is 18.4 Å². The van der Waals surface area contributed by atoms with E-state index in [1.807, 2.05) is 45.9 Å². The van der Waals surface area contributed by atoms with Crippen molar-refractivity contribution in [2.24, 2.45) is 5.41 Å². The average molecular weight is 430 g/mol. The van der Waals surface area contributed by atoms with Crippen molar-refractivity contribution in [3.63, 3.8) is 0 Å². The van der Waals surface area contributed by atoms with E-state index < -0.39 is 11.6 Å². The second kappa shape index (κ2) is 9.04. The third kappa shape index (κ3) is 5.81. The summed E-state index contributed by atoms with van der Waals surface area (Å²) in [5.41, 5.74) is 2.10. The summed E-state index contributed by atoms with van der Waals surface area (Å²) in [5, 5.41) is 2.95. The molecule has 1 fully saturated rings. The molecule has 0 spiro atoms. The van der Waals surface area contributed by atoms with E-state index in [1.54, 1.807) is 4.90 Å². The van der Waals surface area contributed by atoms with Gasteiger partial charge in [-0.3, -0.25) is 9.69 Å². The van der Waals surface area contributed by atoms with E-state index in [2.05, 4.69) is 5.32 Å². The van der Waals surface area contributed by atoms with E-state index in [9.17, 15) is 18.4 Å². The maximum atomic E-state index is 14.1. The quantitative estimate of drug-likeness (QED) is 0.684.